The van der Waals surface area contributed by atoms with E-state index in [0.717, 1.165) is 37.2 Å². The Morgan fingerprint density at radius 2 is 2.00 bits per heavy atom. The summed E-state index contributed by atoms with van der Waals surface area (Å²) >= 11 is 11.3. The maximum atomic E-state index is 12.6. The van der Waals surface area contributed by atoms with Crippen molar-refractivity contribution in [2.45, 2.75) is 6.54 Å². The van der Waals surface area contributed by atoms with Crippen LogP contribution in [0.4, 0.5) is 0 Å². The number of hydrogen-bond acceptors (Lipinski definition) is 3. The lowest BCUT2D eigenvalue weighted by Gasteiger charge is -2.34. The van der Waals surface area contributed by atoms with Crippen molar-refractivity contribution in [3.8, 4) is 0 Å². The van der Waals surface area contributed by atoms with Crippen LogP contribution < -0.4 is 0 Å². The Bertz CT molecular complexity index is 654. The predicted octanol–water partition coefficient (Wildman–Crippen LogP) is 4.12. The van der Waals surface area contributed by atoms with E-state index in [1.807, 2.05) is 11.0 Å². The summed E-state index contributed by atoms with van der Waals surface area (Å²) < 4.78 is 0.872. The summed E-state index contributed by atoms with van der Waals surface area (Å²) in [6, 6.07) is 9.63. The van der Waals surface area contributed by atoms with Crippen molar-refractivity contribution < 1.29 is 4.79 Å². The predicted molar refractivity (Wildman–Crippen MR) is 94.7 cm³/mol. The van der Waals surface area contributed by atoms with Gasteiger partial charge in [-0.3, -0.25) is 9.69 Å². The first-order valence-electron chi connectivity index (χ1n) is 7.12. The molecule has 0 atom stereocenters. The lowest BCUT2D eigenvalue weighted by Crippen LogP contribution is -2.48. The average Bonchev–Trinajstić information content (AvgIpc) is 3.03. The van der Waals surface area contributed by atoms with Crippen LogP contribution in [-0.4, -0.2) is 41.9 Å². The summed E-state index contributed by atoms with van der Waals surface area (Å²) in [7, 11) is 0. The zero-order chi connectivity index (χ0) is 15.5. The Kier molecular flexibility index (Phi) is 5.18. The molecule has 0 radical (unpaired) electrons. The van der Waals surface area contributed by atoms with E-state index in [9.17, 15) is 4.79 Å². The fraction of sp³-hybridized carbons (Fsp3) is 0.312. The van der Waals surface area contributed by atoms with Crippen LogP contribution in [0.2, 0.25) is 5.02 Å². The van der Waals surface area contributed by atoms with Crippen molar-refractivity contribution in [1.82, 2.24) is 9.80 Å². The van der Waals surface area contributed by atoms with Gasteiger partial charge in [0.2, 0.25) is 0 Å². The zero-order valence-electron chi connectivity index (χ0n) is 12.0. The third-order valence-electron chi connectivity index (χ3n) is 3.78. The van der Waals surface area contributed by atoms with E-state index >= 15 is 0 Å². The molecule has 2 aromatic rings. The maximum Gasteiger partial charge on any atom is 0.255 e. The summed E-state index contributed by atoms with van der Waals surface area (Å²) in [5.41, 5.74) is 0.572. The van der Waals surface area contributed by atoms with Crippen LogP contribution in [-0.2, 0) is 6.54 Å². The molecule has 1 saturated heterocycles. The number of hydrogen-bond donors (Lipinski definition) is 0. The molecule has 0 spiro atoms. The Hall–Kier alpha value is -0.880. The van der Waals surface area contributed by atoms with E-state index in [-0.39, 0.29) is 5.91 Å². The highest BCUT2D eigenvalue weighted by molar-refractivity contribution is 9.10. The highest BCUT2D eigenvalue weighted by atomic mass is 79.9. The van der Waals surface area contributed by atoms with Gasteiger partial charge in [-0.25, -0.2) is 0 Å². The van der Waals surface area contributed by atoms with Gasteiger partial charge in [-0.1, -0.05) is 33.6 Å². The number of carbonyl (C=O) groups excluding carboxylic acids is 1. The molecule has 0 N–H and O–H groups in total. The van der Waals surface area contributed by atoms with Crippen LogP contribution >= 0.6 is 38.9 Å². The Labute approximate surface area is 147 Å². The number of piperazine rings is 1. The molecule has 0 unspecified atom stereocenters. The SMILES string of the molecule is O=C(c1cc(Br)ccc1Cl)N1CCN(Cc2cccs2)CC1. The topological polar surface area (TPSA) is 23.6 Å². The van der Waals surface area contributed by atoms with Gasteiger partial charge in [0.25, 0.3) is 5.91 Å². The van der Waals surface area contributed by atoms with Crippen LogP contribution in [0, 0.1) is 0 Å². The minimum atomic E-state index is 0.0158. The van der Waals surface area contributed by atoms with Crippen LogP contribution in [0.3, 0.4) is 0 Å². The smallest absolute Gasteiger partial charge is 0.255 e. The lowest BCUT2D eigenvalue weighted by molar-refractivity contribution is 0.0629. The molecule has 6 heteroatoms. The van der Waals surface area contributed by atoms with E-state index in [2.05, 4.69) is 38.3 Å². The summed E-state index contributed by atoms with van der Waals surface area (Å²) in [5, 5.41) is 2.61. The van der Waals surface area contributed by atoms with Gasteiger partial charge < -0.3 is 4.90 Å². The molecule has 0 saturated carbocycles. The van der Waals surface area contributed by atoms with Crippen molar-refractivity contribution in [2.75, 3.05) is 26.2 Å². The highest BCUT2D eigenvalue weighted by Crippen LogP contribution is 2.23. The minimum absolute atomic E-state index is 0.0158. The molecule has 1 aromatic heterocycles. The van der Waals surface area contributed by atoms with Crippen molar-refractivity contribution in [2.24, 2.45) is 0 Å². The first-order chi connectivity index (χ1) is 10.6. The lowest BCUT2D eigenvalue weighted by atomic mass is 10.2. The summed E-state index contributed by atoms with van der Waals surface area (Å²) in [6.45, 7) is 4.25. The molecule has 3 rings (SSSR count). The van der Waals surface area contributed by atoms with E-state index in [1.54, 1.807) is 23.5 Å². The maximum absolute atomic E-state index is 12.6. The van der Waals surface area contributed by atoms with Crippen LogP contribution in [0.15, 0.2) is 40.2 Å². The van der Waals surface area contributed by atoms with Gasteiger partial charge in [-0.2, -0.15) is 0 Å². The second kappa shape index (κ2) is 7.13. The molecule has 1 aliphatic rings. The molecule has 1 amide bonds. The second-order valence-electron chi connectivity index (χ2n) is 5.27. The van der Waals surface area contributed by atoms with Gasteiger partial charge in [0.1, 0.15) is 0 Å². The van der Waals surface area contributed by atoms with Crippen LogP contribution in [0.1, 0.15) is 15.2 Å². The van der Waals surface area contributed by atoms with Crippen LogP contribution in [0.5, 0.6) is 0 Å². The molecular weight excluding hydrogens is 384 g/mol. The minimum Gasteiger partial charge on any atom is -0.336 e. The van der Waals surface area contributed by atoms with Gasteiger partial charge >= 0.3 is 0 Å². The first kappa shape index (κ1) is 16.0. The molecule has 1 aromatic carbocycles. The molecule has 1 fully saturated rings. The third-order valence-corrected chi connectivity index (χ3v) is 5.46. The highest BCUT2D eigenvalue weighted by Gasteiger charge is 2.23. The van der Waals surface area contributed by atoms with E-state index in [1.165, 1.54) is 4.88 Å². The van der Waals surface area contributed by atoms with Gasteiger partial charge in [0, 0.05) is 42.1 Å². The van der Waals surface area contributed by atoms with Crippen molar-refractivity contribution in [1.29, 1.82) is 0 Å². The number of thiophene rings is 1. The molecule has 22 heavy (non-hydrogen) atoms. The van der Waals surface area contributed by atoms with Crippen molar-refractivity contribution in [3.63, 3.8) is 0 Å². The number of rotatable bonds is 3. The number of benzene rings is 1. The standard InChI is InChI=1S/C16H16BrClN2OS/c17-12-3-4-15(18)14(10-12)16(21)20-7-5-19(6-8-20)11-13-2-1-9-22-13/h1-4,9-10H,5-8,11H2. The van der Waals surface area contributed by atoms with Crippen molar-refractivity contribution >= 4 is 44.8 Å². The summed E-state index contributed by atoms with van der Waals surface area (Å²) in [6.07, 6.45) is 0. The molecule has 0 aliphatic carbocycles. The summed E-state index contributed by atoms with van der Waals surface area (Å²) in [5.74, 6) is 0.0158. The monoisotopic (exact) mass is 398 g/mol. The number of amides is 1. The largest absolute Gasteiger partial charge is 0.336 e. The van der Waals surface area contributed by atoms with Gasteiger partial charge in [0.15, 0.2) is 0 Å². The van der Waals surface area contributed by atoms with Gasteiger partial charge in [-0.15, -0.1) is 11.3 Å². The molecule has 3 nitrogen and oxygen atoms in total. The second-order valence-corrected chi connectivity index (χ2v) is 7.63. The number of nitrogens with zero attached hydrogens (tertiary/aromatic N) is 2. The molecule has 116 valence electrons. The van der Waals surface area contributed by atoms with Gasteiger partial charge in [0.05, 0.1) is 10.6 Å². The first-order valence-corrected chi connectivity index (χ1v) is 9.17. The molecule has 0 bridgehead atoms. The quantitative estimate of drug-likeness (QED) is 0.775. The normalized spacial score (nSPS) is 16.0. The van der Waals surface area contributed by atoms with Crippen molar-refractivity contribution in [3.05, 3.63) is 55.6 Å². The molecular formula is C16H16BrClN2OS. The van der Waals surface area contributed by atoms with Gasteiger partial charge in [-0.05, 0) is 29.6 Å². The summed E-state index contributed by atoms with van der Waals surface area (Å²) in [4.78, 5) is 18.2. The van der Waals surface area contributed by atoms with Crippen LogP contribution in [0.25, 0.3) is 0 Å². The van der Waals surface area contributed by atoms with E-state index in [0.29, 0.717) is 10.6 Å². The Morgan fingerprint density at radius 1 is 1.23 bits per heavy atom. The van der Waals surface area contributed by atoms with E-state index in [4.69, 9.17) is 11.6 Å². The average molecular weight is 400 g/mol. The fourth-order valence-electron chi connectivity index (χ4n) is 2.56. The Balaban J connectivity index is 1.61. The Morgan fingerprint density at radius 3 is 2.68 bits per heavy atom. The van der Waals surface area contributed by atoms with E-state index < -0.39 is 0 Å². The fourth-order valence-corrected chi connectivity index (χ4v) is 3.87. The zero-order valence-corrected chi connectivity index (χ0v) is 15.1. The number of carbonyl (C=O) groups is 1. The molecule has 2 heterocycles. The number of halogens is 2. The molecule has 1 aliphatic heterocycles. The third kappa shape index (κ3) is 3.71.